The van der Waals surface area contributed by atoms with Gasteiger partial charge in [-0.3, -0.25) is 4.90 Å². The first-order chi connectivity index (χ1) is 7.58. The van der Waals surface area contributed by atoms with Crippen LogP contribution in [0.15, 0.2) is 33.8 Å². The predicted molar refractivity (Wildman–Crippen MR) is 75.0 cm³/mol. The molecule has 0 aliphatic heterocycles. The lowest BCUT2D eigenvalue weighted by Gasteiger charge is -2.18. The minimum atomic E-state index is 0.470. The average Bonchev–Trinajstić information content (AvgIpc) is 2.61. The number of rotatable bonds is 3. The van der Waals surface area contributed by atoms with Gasteiger partial charge in [0.2, 0.25) is 0 Å². The molecule has 86 valence electrons. The molecule has 1 unspecified atom stereocenters. The smallest absolute Gasteiger partial charge is 0.0571 e. The van der Waals surface area contributed by atoms with Crippen LogP contribution in [0.2, 0.25) is 0 Å². The van der Waals surface area contributed by atoms with Gasteiger partial charge >= 0.3 is 0 Å². The molecule has 2 nitrogen and oxygen atoms in total. The predicted octanol–water partition coefficient (Wildman–Crippen LogP) is 3.93. The van der Waals surface area contributed by atoms with E-state index in [4.69, 9.17) is 0 Å². The Labute approximate surface area is 109 Å². The Balaban J connectivity index is 2.34. The van der Waals surface area contributed by atoms with Gasteiger partial charge in [0.15, 0.2) is 0 Å². The number of halogens is 1. The Morgan fingerprint density at radius 3 is 2.81 bits per heavy atom. The number of fused-ring (bicyclic) bond motifs is 1. The number of H-pyrrole nitrogens is 1. The van der Waals surface area contributed by atoms with Gasteiger partial charge in [-0.2, -0.15) is 0 Å². The van der Waals surface area contributed by atoms with Crippen LogP contribution in [0.25, 0.3) is 10.9 Å². The van der Waals surface area contributed by atoms with Gasteiger partial charge in [-0.25, -0.2) is 0 Å². The summed E-state index contributed by atoms with van der Waals surface area (Å²) in [5.41, 5.74) is 1.19. The summed E-state index contributed by atoms with van der Waals surface area (Å²) in [4.78, 5) is 6.81. The Morgan fingerprint density at radius 2 is 2.12 bits per heavy atom. The quantitative estimate of drug-likeness (QED) is 0.684. The fourth-order valence-electron chi connectivity index (χ4n) is 1.45. The van der Waals surface area contributed by atoms with E-state index in [0.29, 0.717) is 5.37 Å². The standard InChI is InChI=1S/C12H15BrN2S/c1-8(15(2)3)16-12-7-14-11-5-4-9(13)6-10(11)12/h4-8,14H,1-3H3. The first kappa shape index (κ1) is 12.0. The molecule has 0 aliphatic rings. The van der Waals surface area contributed by atoms with Crippen molar-refractivity contribution in [2.24, 2.45) is 0 Å². The number of benzene rings is 1. The van der Waals surface area contributed by atoms with Crippen LogP contribution in [0.5, 0.6) is 0 Å². The van der Waals surface area contributed by atoms with Crippen molar-refractivity contribution in [3.63, 3.8) is 0 Å². The van der Waals surface area contributed by atoms with Crippen molar-refractivity contribution in [3.05, 3.63) is 28.9 Å². The molecule has 0 bridgehead atoms. The van der Waals surface area contributed by atoms with Gasteiger partial charge in [0.1, 0.15) is 0 Å². The summed E-state index contributed by atoms with van der Waals surface area (Å²) < 4.78 is 1.12. The van der Waals surface area contributed by atoms with Crippen molar-refractivity contribution in [1.29, 1.82) is 0 Å². The molecule has 0 aliphatic carbocycles. The zero-order valence-corrected chi connectivity index (χ0v) is 12.0. The second kappa shape index (κ2) is 4.82. The average molecular weight is 299 g/mol. The zero-order chi connectivity index (χ0) is 11.7. The minimum Gasteiger partial charge on any atom is -0.360 e. The third-order valence-corrected chi connectivity index (χ3v) is 4.48. The maximum Gasteiger partial charge on any atom is 0.0571 e. The van der Waals surface area contributed by atoms with Crippen molar-refractivity contribution < 1.29 is 0 Å². The van der Waals surface area contributed by atoms with Crippen molar-refractivity contribution >= 4 is 38.6 Å². The number of aromatic amines is 1. The topological polar surface area (TPSA) is 19.0 Å². The van der Waals surface area contributed by atoms with Crippen LogP contribution in [0.1, 0.15) is 6.92 Å². The highest BCUT2D eigenvalue weighted by Gasteiger charge is 2.10. The molecule has 1 N–H and O–H groups in total. The molecule has 2 aromatic rings. The third kappa shape index (κ3) is 2.44. The van der Waals surface area contributed by atoms with Crippen LogP contribution in [-0.2, 0) is 0 Å². The van der Waals surface area contributed by atoms with Crippen molar-refractivity contribution in [2.45, 2.75) is 17.2 Å². The summed E-state index contributed by atoms with van der Waals surface area (Å²) >= 11 is 5.38. The normalized spacial score (nSPS) is 13.6. The molecule has 16 heavy (non-hydrogen) atoms. The zero-order valence-electron chi connectivity index (χ0n) is 9.62. The lowest BCUT2D eigenvalue weighted by atomic mass is 10.2. The molecule has 1 aromatic carbocycles. The number of nitrogens with one attached hydrogen (secondary N) is 1. The maximum absolute atomic E-state index is 3.51. The number of aromatic nitrogens is 1. The molecule has 1 atom stereocenters. The van der Waals surface area contributed by atoms with Gasteiger partial charge in [0, 0.05) is 26.5 Å². The van der Waals surface area contributed by atoms with Crippen LogP contribution in [0, 0.1) is 0 Å². The fourth-order valence-corrected chi connectivity index (χ4v) is 2.82. The van der Waals surface area contributed by atoms with E-state index >= 15 is 0 Å². The van der Waals surface area contributed by atoms with Crippen LogP contribution in [0.4, 0.5) is 0 Å². The summed E-state index contributed by atoms with van der Waals surface area (Å²) in [5.74, 6) is 0. The molecule has 4 heteroatoms. The molecule has 0 radical (unpaired) electrons. The van der Waals surface area contributed by atoms with Gasteiger partial charge < -0.3 is 4.98 Å². The van der Waals surface area contributed by atoms with E-state index in [1.54, 1.807) is 0 Å². The summed E-state index contributed by atoms with van der Waals surface area (Å²) in [7, 11) is 4.20. The van der Waals surface area contributed by atoms with E-state index < -0.39 is 0 Å². The molecule has 0 saturated carbocycles. The van der Waals surface area contributed by atoms with Crippen molar-refractivity contribution in [3.8, 4) is 0 Å². The number of hydrogen-bond donors (Lipinski definition) is 1. The number of hydrogen-bond acceptors (Lipinski definition) is 2. The summed E-state index contributed by atoms with van der Waals surface area (Å²) in [6, 6.07) is 6.32. The van der Waals surface area contributed by atoms with Gasteiger partial charge in [-0.1, -0.05) is 15.9 Å². The van der Waals surface area contributed by atoms with Crippen LogP contribution >= 0.6 is 27.7 Å². The molecular weight excluding hydrogens is 284 g/mol. The molecule has 1 aromatic heterocycles. The molecule has 0 spiro atoms. The third-order valence-electron chi connectivity index (χ3n) is 2.63. The first-order valence-electron chi connectivity index (χ1n) is 5.17. The van der Waals surface area contributed by atoms with Crippen LogP contribution < -0.4 is 0 Å². The number of thioether (sulfide) groups is 1. The van der Waals surface area contributed by atoms with Gasteiger partial charge in [0.25, 0.3) is 0 Å². The molecule has 1 heterocycles. The van der Waals surface area contributed by atoms with Gasteiger partial charge in [-0.05, 0) is 39.2 Å². The Morgan fingerprint density at radius 1 is 1.38 bits per heavy atom. The highest BCUT2D eigenvalue weighted by molar-refractivity contribution is 9.10. The summed E-state index contributed by atoms with van der Waals surface area (Å²) in [5, 5.41) is 1.76. The van der Waals surface area contributed by atoms with E-state index in [1.165, 1.54) is 15.8 Å². The van der Waals surface area contributed by atoms with Crippen molar-refractivity contribution in [1.82, 2.24) is 9.88 Å². The van der Waals surface area contributed by atoms with E-state index in [-0.39, 0.29) is 0 Å². The summed E-state index contributed by atoms with van der Waals surface area (Å²) in [6.45, 7) is 2.21. The van der Waals surface area contributed by atoms with E-state index in [2.05, 4.69) is 71.2 Å². The largest absolute Gasteiger partial charge is 0.360 e. The minimum absolute atomic E-state index is 0.470. The van der Waals surface area contributed by atoms with Gasteiger partial charge in [-0.15, -0.1) is 11.8 Å². The molecule has 0 saturated heterocycles. The Kier molecular flexibility index (Phi) is 3.62. The molecular formula is C12H15BrN2S. The lowest BCUT2D eigenvalue weighted by molar-refractivity contribution is 0.402. The second-order valence-corrected chi connectivity index (χ2v) is 6.30. The van der Waals surface area contributed by atoms with Crippen LogP contribution in [-0.4, -0.2) is 29.4 Å². The SMILES string of the molecule is CC(Sc1c[nH]c2ccc(Br)cc12)N(C)C. The highest BCUT2D eigenvalue weighted by Crippen LogP contribution is 2.32. The summed E-state index contributed by atoms with van der Waals surface area (Å²) in [6.07, 6.45) is 2.09. The van der Waals surface area contributed by atoms with Crippen molar-refractivity contribution in [2.75, 3.05) is 14.1 Å². The lowest BCUT2D eigenvalue weighted by Crippen LogP contribution is -2.20. The molecule has 2 rings (SSSR count). The Bertz CT molecular complexity index is 493. The van der Waals surface area contributed by atoms with E-state index in [0.717, 1.165) is 4.47 Å². The van der Waals surface area contributed by atoms with E-state index in [1.807, 2.05) is 11.8 Å². The maximum atomic E-state index is 3.51. The van der Waals surface area contributed by atoms with Gasteiger partial charge in [0.05, 0.1) is 5.37 Å². The van der Waals surface area contributed by atoms with Crippen LogP contribution in [0.3, 0.4) is 0 Å². The molecule has 0 fully saturated rings. The molecule has 0 amide bonds. The second-order valence-electron chi connectivity index (χ2n) is 4.02. The monoisotopic (exact) mass is 298 g/mol. The Hall–Kier alpha value is -0.450. The highest BCUT2D eigenvalue weighted by atomic mass is 79.9. The fraction of sp³-hybridized carbons (Fsp3) is 0.333. The van der Waals surface area contributed by atoms with E-state index in [9.17, 15) is 0 Å². The first-order valence-corrected chi connectivity index (χ1v) is 6.85. The number of nitrogens with zero attached hydrogens (tertiary/aromatic N) is 1.